The summed E-state index contributed by atoms with van der Waals surface area (Å²) in [5.41, 5.74) is 3.14. The molecule has 31 heavy (non-hydrogen) atoms. The zero-order valence-electron chi connectivity index (χ0n) is 18.2. The van der Waals surface area contributed by atoms with Gasteiger partial charge in [0, 0.05) is 5.56 Å². The summed E-state index contributed by atoms with van der Waals surface area (Å²) >= 11 is 0. The number of fused-ring (bicyclic) bond motifs is 1. The Balaban J connectivity index is 1.88. The predicted octanol–water partition coefficient (Wildman–Crippen LogP) is 1.60. The van der Waals surface area contributed by atoms with Crippen LogP contribution in [0.5, 0.6) is 11.5 Å². The fourth-order valence-electron chi connectivity index (χ4n) is 4.02. The Kier molecular flexibility index (Phi) is 5.45. The van der Waals surface area contributed by atoms with Crippen molar-refractivity contribution in [3.8, 4) is 11.5 Å². The normalized spacial score (nSPS) is 19.5. The molecule has 2 aromatic carbocycles. The van der Waals surface area contributed by atoms with Crippen molar-refractivity contribution in [2.75, 3.05) is 34.0 Å². The van der Waals surface area contributed by atoms with E-state index in [2.05, 4.69) is 0 Å². The van der Waals surface area contributed by atoms with Crippen LogP contribution < -0.4 is 14.4 Å². The van der Waals surface area contributed by atoms with Crippen molar-refractivity contribution in [1.82, 2.24) is 4.90 Å². The van der Waals surface area contributed by atoms with Gasteiger partial charge in [-0.2, -0.15) is 0 Å². The third-order valence-electron chi connectivity index (χ3n) is 5.75. The van der Waals surface area contributed by atoms with Gasteiger partial charge in [0.1, 0.15) is 5.76 Å². The van der Waals surface area contributed by atoms with E-state index in [9.17, 15) is 14.7 Å². The van der Waals surface area contributed by atoms with Crippen molar-refractivity contribution < 1.29 is 29.1 Å². The van der Waals surface area contributed by atoms with Crippen LogP contribution in [-0.2, 0) is 9.59 Å². The van der Waals surface area contributed by atoms with Crippen LogP contribution in [0.15, 0.2) is 42.0 Å². The maximum Gasteiger partial charge on any atom is 0.295 e. The summed E-state index contributed by atoms with van der Waals surface area (Å²) in [6.45, 7) is 4.97. The van der Waals surface area contributed by atoms with E-state index in [1.54, 1.807) is 17.0 Å². The van der Waals surface area contributed by atoms with Crippen molar-refractivity contribution in [2.45, 2.75) is 19.9 Å². The molecule has 2 aliphatic rings. The average Bonchev–Trinajstić information content (AvgIpc) is 3.30. The Morgan fingerprint density at radius 2 is 1.84 bits per heavy atom. The highest BCUT2D eigenvalue weighted by atomic mass is 16.7. The van der Waals surface area contributed by atoms with E-state index in [0.29, 0.717) is 35.7 Å². The molecule has 2 aliphatic heterocycles. The van der Waals surface area contributed by atoms with Gasteiger partial charge in [-0.05, 0) is 43.2 Å². The smallest absolute Gasteiger partial charge is 0.295 e. The number of nitrogens with one attached hydrogen (secondary N) is 1. The second-order valence-electron chi connectivity index (χ2n) is 8.38. The van der Waals surface area contributed by atoms with Crippen LogP contribution in [0.3, 0.4) is 0 Å². The van der Waals surface area contributed by atoms with E-state index in [-0.39, 0.29) is 18.1 Å². The highest BCUT2D eigenvalue weighted by Crippen LogP contribution is 2.43. The predicted molar refractivity (Wildman–Crippen MR) is 115 cm³/mol. The van der Waals surface area contributed by atoms with Crippen LogP contribution in [0.1, 0.15) is 28.3 Å². The molecule has 0 spiro atoms. The van der Waals surface area contributed by atoms with Crippen LogP contribution in [0.25, 0.3) is 5.76 Å². The molecule has 4 rings (SSSR count). The average molecular weight is 423 g/mol. The van der Waals surface area contributed by atoms with Gasteiger partial charge in [-0.15, -0.1) is 0 Å². The van der Waals surface area contributed by atoms with Gasteiger partial charge in [0.2, 0.25) is 6.79 Å². The summed E-state index contributed by atoms with van der Waals surface area (Å²) in [4.78, 5) is 28.8. The van der Waals surface area contributed by atoms with Crippen LogP contribution in [0, 0.1) is 13.8 Å². The number of Topliss-reactive ketones (excluding diaryl/α,β-unsaturated/α-hetero) is 1. The molecular formula is C24H27N2O5+. The van der Waals surface area contributed by atoms with Crippen LogP contribution >= 0.6 is 0 Å². The van der Waals surface area contributed by atoms with Crippen molar-refractivity contribution in [2.24, 2.45) is 0 Å². The Morgan fingerprint density at radius 1 is 1.10 bits per heavy atom. The first kappa shape index (κ1) is 20.9. The summed E-state index contributed by atoms with van der Waals surface area (Å²) < 4.78 is 10.9. The molecule has 1 amide bonds. The number of hydrogen-bond acceptors (Lipinski definition) is 5. The number of amides is 1. The van der Waals surface area contributed by atoms with Gasteiger partial charge in [0.15, 0.2) is 11.5 Å². The number of carbonyl (C=O) groups excluding carboxylic acids is 2. The van der Waals surface area contributed by atoms with Gasteiger partial charge >= 0.3 is 0 Å². The number of ketones is 1. The van der Waals surface area contributed by atoms with Crippen molar-refractivity contribution in [1.29, 1.82) is 0 Å². The Hall–Kier alpha value is -3.32. The monoisotopic (exact) mass is 423 g/mol. The number of quaternary nitrogens is 1. The van der Waals surface area contributed by atoms with Gasteiger partial charge in [0.25, 0.3) is 11.7 Å². The maximum absolute atomic E-state index is 13.1. The fourth-order valence-corrected chi connectivity index (χ4v) is 4.02. The molecule has 1 saturated heterocycles. The van der Waals surface area contributed by atoms with E-state index in [1.807, 2.05) is 52.2 Å². The minimum absolute atomic E-state index is 0.103. The standard InChI is InChI=1S/C24H26N2O5/c1-14-5-6-15(2)17(11-14)22(27)20-21(16-7-8-18-19(12-16)31-13-30-18)26(10-9-25(3)4)24(29)23(20)28/h5-8,11-12,21,27H,9-10,13H2,1-4H3/p+1/t21-/m1/s1. The second-order valence-corrected chi connectivity index (χ2v) is 8.38. The molecule has 1 fully saturated rings. The molecule has 162 valence electrons. The van der Waals surface area contributed by atoms with Crippen LogP contribution in [-0.4, -0.2) is 55.7 Å². The fraction of sp³-hybridized carbons (Fsp3) is 0.333. The number of hydrogen-bond donors (Lipinski definition) is 2. The van der Waals surface area contributed by atoms with Crippen molar-refractivity contribution >= 4 is 17.4 Å². The molecule has 2 N–H and O–H groups in total. The van der Waals surface area contributed by atoms with E-state index in [1.165, 1.54) is 0 Å². The Morgan fingerprint density at radius 3 is 2.58 bits per heavy atom. The largest absolute Gasteiger partial charge is 0.507 e. The number of aryl methyl sites for hydroxylation is 2. The van der Waals surface area contributed by atoms with Crippen LogP contribution in [0.2, 0.25) is 0 Å². The molecule has 7 nitrogen and oxygen atoms in total. The van der Waals surface area contributed by atoms with E-state index in [4.69, 9.17) is 9.47 Å². The number of aliphatic hydroxyl groups excluding tert-OH is 1. The van der Waals surface area contributed by atoms with Crippen molar-refractivity contribution in [3.05, 3.63) is 64.2 Å². The Labute approximate surface area is 181 Å². The zero-order chi connectivity index (χ0) is 22.3. The van der Waals surface area contributed by atoms with Crippen molar-refractivity contribution in [3.63, 3.8) is 0 Å². The topological polar surface area (TPSA) is 80.5 Å². The molecule has 0 aromatic heterocycles. The number of ether oxygens (including phenoxy) is 2. The third kappa shape index (κ3) is 3.77. The van der Waals surface area contributed by atoms with Gasteiger partial charge in [-0.25, -0.2) is 0 Å². The summed E-state index contributed by atoms with van der Waals surface area (Å²) in [5, 5.41) is 11.3. The maximum atomic E-state index is 13.1. The summed E-state index contributed by atoms with van der Waals surface area (Å²) in [6, 6.07) is 10.3. The van der Waals surface area contributed by atoms with Gasteiger partial charge in [-0.3, -0.25) is 9.59 Å². The lowest BCUT2D eigenvalue weighted by Crippen LogP contribution is -3.06. The number of carbonyl (C=O) groups is 2. The number of likely N-dealkylation sites (N-methyl/N-ethyl adjacent to an activating group) is 1. The highest BCUT2D eigenvalue weighted by molar-refractivity contribution is 6.46. The molecule has 0 unspecified atom stereocenters. The lowest BCUT2D eigenvalue weighted by atomic mass is 9.93. The minimum Gasteiger partial charge on any atom is -0.507 e. The Bertz CT molecular complexity index is 1090. The van der Waals surface area contributed by atoms with Gasteiger partial charge in [-0.1, -0.05) is 23.8 Å². The van der Waals surface area contributed by atoms with Gasteiger partial charge < -0.3 is 24.4 Å². The van der Waals surface area contributed by atoms with E-state index >= 15 is 0 Å². The first-order valence-electron chi connectivity index (χ1n) is 10.3. The quantitative estimate of drug-likeness (QED) is 0.434. The molecular weight excluding hydrogens is 396 g/mol. The highest BCUT2D eigenvalue weighted by Gasteiger charge is 2.46. The molecule has 7 heteroatoms. The first-order chi connectivity index (χ1) is 14.8. The zero-order valence-corrected chi connectivity index (χ0v) is 18.2. The SMILES string of the molecule is Cc1ccc(C)c(C(O)=C2C(=O)C(=O)N(CC[NH+](C)C)[C@@H]2c2ccc3c(c2)OCO3)c1. The third-order valence-corrected chi connectivity index (χ3v) is 5.75. The summed E-state index contributed by atoms with van der Waals surface area (Å²) in [7, 11) is 3.98. The minimum atomic E-state index is -0.700. The van der Waals surface area contributed by atoms with E-state index in [0.717, 1.165) is 16.0 Å². The number of likely N-dealkylation sites (tertiary alicyclic amines) is 1. The molecule has 0 aliphatic carbocycles. The summed E-state index contributed by atoms with van der Waals surface area (Å²) in [5.74, 6) is -0.242. The lowest BCUT2D eigenvalue weighted by Gasteiger charge is -2.26. The molecule has 0 radical (unpaired) electrons. The molecule has 2 heterocycles. The lowest BCUT2D eigenvalue weighted by molar-refractivity contribution is -0.857. The van der Waals surface area contributed by atoms with Crippen LogP contribution in [0.4, 0.5) is 0 Å². The number of benzene rings is 2. The van der Waals surface area contributed by atoms with E-state index < -0.39 is 17.7 Å². The molecule has 0 saturated carbocycles. The number of aliphatic hydroxyl groups is 1. The summed E-state index contributed by atoms with van der Waals surface area (Å²) in [6.07, 6.45) is 0. The second kappa shape index (κ2) is 8.07. The first-order valence-corrected chi connectivity index (χ1v) is 10.3. The molecule has 2 aromatic rings. The number of rotatable bonds is 5. The molecule has 0 bridgehead atoms. The molecule has 1 atom stereocenters. The van der Waals surface area contributed by atoms with Gasteiger partial charge in [0.05, 0.1) is 38.8 Å². The number of nitrogens with zero attached hydrogens (tertiary/aromatic N) is 1.